The van der Waals surface area contributed by atoms with Crippen LogP contribution in [0.3, 0.4) is 0 Å². The lowest BCUT2D eigenvalue weighted by Gasteiger charge is -2.34. The van der Waals surface area contributed by atoms with Gasteiger partial charge in [-0.25, -0.2) is 4.98 Å². The van der Waals surface area contributed by atoms with Crippen molar-refractivity contribution in [2.24, 2.45) is 0 Å². The van der Waals surface area contributed by atoms with Crippen LogP contribution < -0.4 is 5.32 Å². The van der Waals surface area contributed by atoms with Gasteiger partial charge in [0.1, 0.15) is 5.82 Å². The van der Waals surface area contributed by atoms with Crippen LogP contribution in [0, 0.1) is 0 Å². The van der Waals surface area contributed by atoms with Crippen molar-refractivity contribution in [3.8, 4) is 0 Å². The minimum Gasteiger partial charge on any atom is -0.340 e. The van der Waals surface area contributed by atoms with Crippen LogP contribution in [0.2, 0.25) is 0 Å². The molecular weight excluding hydrogens is 357 g/mol. The van der Waals surface area contributed by atoms with Gasteiger partial charge in [-0.2, -0.15) is 13.2 Å². The summed E-state index contributed by atoms with van der Waals surface area (Å²) in [5.74, 6) is 0.229. The SMILES string of the molecule is CCN1CCN(C(=O)c2ccnc(Nc3cccc(C(F)(F)F)c3)c2)CC1. The molecule has 0 aliphatic carbocycles. The van der Waals surface area contributed by atoms with Crippen molar-refractivity contribution in [1.82, 2.24) is 14.8 Å². The highest BCUT2D eigenvalue weighted by Crippen LogP contribution is 2.31. The van der Waals surface area contributed by atoms with Crippen LogP contribution in [0.15, 0.2) is 42.6 Å². The zero-order valence-corrected chi connectivity index (χ0v) is 15.0. The van der Waals surface area contributed by atoms with Gasteiger partial charge in [-0.05, 0) is 36.9 Å². The molecule has 0 atom stereocenters. The van der Waals surface area contributed by atoms with E-state index in [4.69, 9.17) is 0 Å². The molecule has 1 saturated heterocycles. The Morgan fingerprint density at radius 3 is 2.56 bits per heavy atom. The molecule has 5 nitrogen and oxygen atoms in total. The molecular formula is C19H21F3N4O. The van der Waals surface area contributed by atoms with Crippen molar-refractivity contribution in [2.75, 3.05) is 38.0 Å². The number of nitrogens with zero attached hydrogens (tertiary/aromatic N) is 3. The molecule has 1 aromatic heterocycles. The average molecular weight is 378 g/mol. The average Bonchev–Trinajstić information content (AvgIpc) is 2.67. The molecule has 3 rings (SSSR count). The maximum absolute atomic E-state index is 12.8. The Hall–Kier alpha value is -2.61. The first-order valence-corrected chi connectivity index (χ1v) is 8.79. The Labute approximate surface area is 155 Å². The topological polar surface area (TPSA) is 48.5 Å². The fourth-order valence-corrected chi connectivity index (χ4v) is 3.00. The number of carbonyl (C=O) groups is 1. The van der Waals surface area contributed by atoms with Crippen molar-refractivity contribution in [3.63, 3.8) is 0 Å². The van der Waals surface area contributed by atoms with Gasteiger partial charge >= 0.3 is 6.18 Å². The summed E-state index contributed by atoms with van der Waals surface area (Å²) >= 11 is 0. The summed E-state index contributed by atoms with van der Waals surface area (Å²) in [6.45, 7) is 6.04. The number of hydrogen-bond acceptors (Lipinski definition) is 4. The van der Waals surface area contributed by atoms with Crippen LogP contribution in [0.4, 0.5) is 24.7 Å². The molecule has 27 heavy (non-hydrogen) atoms. The summed E-state index contributed by atoms with van der Waals surface area (Å²) in [6, 6.07) is 8.05. The van der Waals surface area contributed by atoms with Crippen LogP contribution in [0.5, 0.6) is 0 Å². The van der Waals surface area contributed by atoms with Crippen LogP contribution in [0.1, 0.15) is 22.8 Å². The van der Waals surface area contributed by atoms with E-state index in [0.29, 0.717) is 24.5 Å². The largest absolute Gasteiger partial charge is 0.416 e. The normalized spacial score (nSPS) is 15.6. The number of aromatic nitrogens is 1. The highest BCUT2D eigenvalue weighted by Gasteiger charge is 2.30. The van der Waals surface area contributed by atoms with Crippen LogP contribution >= 0.6 is 0 Å². The summed E-state index contributed by atoms with van der Waals surface area (Å²) in [4.78, 5) is 20.9. The molecule has 1 amide bonds. The lowest BCUT2D eigenvalue weighted by Crippen LogP contribution is -2.48. The third kappa shape index (κ3) is 4.77. The molecule has 1 fully saturated rings. The number of nitrogens with one attached hydrogen (secondary N) is 1. The molecule has 8 heteroatoms. The first-order valence-electron chi connectivity index (χ1n) is 8.79. The molecule has 0 spiro atoms. The smallest absolute Gasteiger partial charge is 0.340 e. The fraction of sp³-hybridized carbons (Fsp3) is 0.368. The van der Waals surface area contributed by atoms with Crippen LogP contribution in [-0.2, 0) is 6.18 Å². The standard InChI is InChI=1S/C19H21F3N4O/c1-2-25-8-10-26(11-9-25)18(27)14-6-7-23-17(12-14)24-16-5-3-4-15(13-16)19(20,21)22/h3-7,12-13H,2,8-11H2,1H3,(H,23,24). The summed E-state index contributed by atoms with van der Waals surface area (Å²) < 4.78 is 38.5. The van der Waals surface area contributed by atoms with Crippen molar-refractivity contribution < 1.29 is 18.0 Å². The fourth-order valence-electron chi connectivity index (χ4n) is 3.00. The van der Waals surface area contributed by atoms with Gasteiger partial charge in [-0.3, -0.25) is 4.79 Å². The number of amides is 1. The quantitative estimate of drug-likeness (QED) is 0.883. The number of alkyl halides is 3. The van der Waals surface area contributed by atoms with Crippen LogP contribution in [-0.4, -0.2) is 53.4 Å². The van der Waals surface area contributed by atoms with E-state index in [0.717, 1.165) is 31.8 Å². The minimum absolute atomic E-state index is 0.0970. The van der Waals surface area contributed by atoms with E-state index in [-0.39, 0.29) is 11.6 Å². The predicted octanol–water partition coefficient (Wildman–Crippen LogP) is 3.62. The second kappa shape index (κ2) is 7.96. The molecule has 2 aromatic rings. The predicted molar refractivity (Wildman–Crippen MR) is 97.0 cm³/mol. The van der Waals surface area contributed by atoms with E-state index in [1.54, 1.807) is 17.0 Å². The summed E-state index contributed by atoms with van der Waals surface area (Å²) in [5.41, 5.74) is -0.0172. The van der Waals surface area contributed by atoms with E-state index >= 15 is 0 Å². The minimum atomic E-state index is -4.41. The monoisotopic (exact) mass is 378 g/mol. The van der Waals surface area contributed by atoms with Crippen LogP contribution in [0.25, 0.3) is 0 Å². The molecule has 1 aromatic carbocycles. The molecule has 1 N–H and O–H groups in total. The number of carbonyl (C=O) groups excluding carboxylic acids is 1. The number of anilines is 2. The molecule has 1 aliphatic rings. The van der Waals surface area contributed by atoms with Crippen molar-refractivity contribution in [1.29, 1.82) is 0 Å². The summed E-state index contributed by atoms with van der Waals surface area (Å²) in [7, 11) is 0. The Morgan fingerprint density at radius 1 is 1.15 bits per heavy atom. The number of piperazine rings is 1. The lowest BCUT2D eigenvalue weighted by molar-refractivity contribution is -0.137. The van der Waals surface area contributed by atoms with E-state index in [1.807, 2.05) is 0 Å². The zero-order chi connectivity index (χ0) is 19.4. The van der Waals surface area contributed by atoms with Crippen molar-refractivity contribution in [2.45, 2.75) is 13.1 Å². The number of halogens is 3. The molecule has 0 bridgehead atoms. The maximum Gasteiger partial charge on any atom is 0.416 e. The van der Waals surface area contributed by atoms with E-state index in [9.17, 15) is 18.0 Å². The molecule has 0 unspecified atom stereocenters. The third-order valence-corrected chi connectivity index (χ3v) is 4.58. The molecule has 1 aliphatic heterocycles. The summed E-state index contributed by atoms with van der Waals surface area (Å²) in [6.07, 6.45) is -2.94. The van der Waals surface area contributed by atoms with Gasteiger partial charge in [0.2, 0.25) is 0 Å². The van der Waals surface area contributed by atoms with Gasteiger partial charge in [0.15, 0.2) is 0 Å². The molecule has 0 radical (unpaired) electrons. The first-order chi connectivity index (χ1) is 12.9. The Kier molecular flexibility index (Phi) is 5.65. The highest BCUT2D eigenvalue weighted by molar-refractivity contribution is 5.95. The third-order valence-electron chi connectivity index (χ3n) is 4.58. The van der Waals surface area contributed by atoms with Gasteiger partial charge in [-0.15, -0.1) is 0 Å². The summed E-state index contributed by atoms with van der Waals surface area (Å²) in [5, 5.41) is 2.84. The molecule has 0 saturated carbocycles. The Morgan fingerprint density at radius 2 is 1.89 bits per heavy atom. The Balaban J connectivity index is 1.72. The van der Waals surface area contributed by atoms with Gasteiger partial charge in [-0.1, -0.05) is 13.0 Å². The second-order valence-electron chi connectivity index (χ2n) is 6.36. The number of likely N-dealkylation sites (N-methyl/N-ethyl adjacent to an activating group) is 1. The second-order valence-corrected chi connectivity index (χ2v) is 6.36. The van der Waals surface area contributed by atoms with Crippen molar-refractivity contribution >= 4 is 17.4 Å². The van der Waals surface area contributed by atoms with Gasteiger partial charge in [0, 0.05) is 43.6 Å². The Bertz CT molecular complexity index is 802. The highest BCUT2D eigenvalue weighted by atomic mass is 19.4. The van der Waals surface area contributed by atoms with Crippen molar-refractivity contribution in [3.05, 3.63) is 53.7 Å². The molecule has 2 heterocycles. The van der Waals surface area contributed by atoms with Gasteiger partial charge < -0.3 is 15.1 Å². The number of benzene rings is 1. The zero-order valence-electron chi connectivity index (χ0n) is 15.0. The number of hydrogen-bond donors (Lipinski definition) is 1. The molecule has 144 valence electrons. The maximum atomic E-state index is 12.8. The van der Waals surface area contributed by atoms with Gasteiger partial charge in [0.25, 0.3) is 5.91 Å². The van der Waals surface area contributed by atoms with Gasteiger partial charge in [0.05, 0.1) is 5.56 Å². The van der Waals surface area contributed by atoms with E-state index in [2.05, 4.69) is 22.1 Å². The van der Waals surface area contributed by atoms with E-state index in [1.165, 1.54) is 18.3 Å². The number of pyridine rings is 1. The van der Waals surface area contributed by atoms with E-state index < -0.39 is 11.7 Å². The first kappa shape index (κ1) is 19.2. The lowest BCUT2D eigenvalue weighted by atomic mass is 10.2. The number of rotatable bonds is 4.